The van der Waals surface area contributed by atoms with Gasteiger partial charge in [0.2, 0.25) is 0 Å². The molecule has 1 saturated heterocycles. The van der Waals surface area contributed by atoms with Crippen LogP contribution in [0, 0.1) is 18.3 Å². The number of fused-ring (bicyclic) bond motifs is 1. The molecule has 7 heteroatoms. The van der Waals surface area contributed by atoms with Crippen LogP contribution in [0.3, 0.4) is 0 Å². The van der Waals surface area contributed by atoms with Crippen LogP contribution in [0.4, 0.5) is 10.5 Å². The van der Waals surface area contributed by atoms with Crippen LogP contribution in [-0.2, 0) is 16.2 Å². The number of urea groups is 1. The highest BCUT2D eigenvalue weighted by Crippen LogP contribution is 2.33. The van der Waals surface area contributed by atoms with E-state index in [9.17, 15) is 19.6 Å². The highest BCUT2D eigenvalue weighted by atomic mass is 16.5. The Kier molecular flexibility index (Phi) is 6.23. The van der Waals surface area contributed by atoms with Crippen molar-refractivity contribution in [1.82, 2.24) is 5.32 Å². The zero-order chi connectivity index (χ0) is 25.9. The third-order valence-electron chi connectivity index (χ3n) is 6.20. The zero-order valence-corrected chi connectivity index (χ0v) is 19.9. The average molecular weight is 488 g/mol. The van der Waals surface area contributed by atoms with Crippen LogP contribution in [0.25, 0.3) is 16.8 Å². The molecular formula is C30H21N3O4. The van der Waals surface area contributed by atoms with E-state index in [0.717, 1.165) is 15.7 Å². The van der Waals surface area contributed by atoms with E-state index in [4.69, 9.17) is 4.74 Å². The molecule has 4 aromatic carbocycles. The molecule has 0 saturated carbocycles. The fraction of sp³-hybridized carbons (Fsp3) is 0.0667. The number of hydrogen-bond acceptors (Lipinski definition) is 5. The second-order valence-electron chi connectivity index (χ2n) is 8.50. The number of ether oxygens (including phenoxy) is 1. The van der Waals surface area contributed by atoms with Gasteiger partial charge in [0.15, 0.2) is 0 Å². The number of nitrogens with one attached hydrogen (secondary N) is 1. The van der Waals surface area contributed by atoms with Gasteiger partial charge in [0, 0.05) is 11.1 Å². The van der Waals surface area contributed by atoms with Gasteiger partial charge in [-0.3, -0.25) is 14.9 Å². The number of benzene rings is 4. The molecular weight excluding hydrogens is 466 g/mol. The summed E-state index contributed by atoms with van der Waals surface area (Å²) in [6.07, 6.45) is 1.46. The SMILES string of the molecule is Cc1ccccc1N1C(=O)NC(=O)/C(=C\c2c(OCc3ccccc3C#N)ccc3ccccc23)C1=O. The van der Waals surface area contributed by atoms with Gasteiger partial charge in [0.05, 0.1) is 17.3 Å². The Balaban J connectivity index is 1.60. The number of anilines is 1. The Morgan fingerprint density at radius 2 is 1.65 bits per heavy atom. The number of carbonyl (C=O) groups excluding carboxylic acids is 3. The summed E-state index contributed by atoms with van der Waals surface area (Å²) in [4.78, 5) is 40.0. The summed E-state index contributed by atoms with van der Waals surface area (Å²) in [5, 5.41) is 13.3. The van der Waals surface area contributed by atoms with Gasteiger partial charge in [-0.25, -0.2) is 9.69 Å². The standard InChI is InChI=1S/C30H21N3O4/c1-19-8-2-7-13-26(19)33-29(35)25(28(34)32-30(33)36)16-24-23-12-6-5-9-20(23)14-15-27(24)37-18-22-11-4-3-10-21(22)17-31/h2-16H,18H2,1H3,(H,32,34,36)/b25-16+. The molecule has 5 rings (SSSR count). The number of rotatable bonds is 5. The first kappa shape index (κ1) is 23.5. The van der Waals surface area contributed by atoms with E-state index in [1.165, 1.54) is 6.08 Å². The van der Waals surface area contributed by atoms with Crippen LogP contribution in [0.15, 0.2) is 90.5 Å². The van der Waals surface area contributed by atoms with Gasteiger partial charge in [0.1, 0.15) is 17.9 Å². The first-order valence-electron chi connectivity index (χ1n) is 11.6. The summed E-state index contributed by atoms with van der Waals surface area (Å²) < 4.78 is 6.12. The minimum Gasteiger partial charge on any atom is -0.488 e. The molecule has 1 aliphatic rings. The number of nitrogens with zero attached hydrogens (tertiary/aromatic N) is 2. The lowest BCUT2D eigenvalue weighted by Crippen LogP contribution is -2.54. The third-order valence-corrected chi connectivity index (χ3v) is 6.20. The zero-order valence-electron chi connectivity index (χ0n) is 19.9. The predicted molar refractivity (Wildman–Crippen MR) is 140 cm³/mol. The number of para-hydroxylation sites is 1. The minimum atomic E-state index is -0.802. The van der Waals surface area contributed by atoms with Crippen LogP contribution in [-0.4, -0.2) is 17.8 Å². The van der Waals surface area contributed by atoms with Crippen molar-refractivity contribution in [2.75, 3.05) is 4.90 Å². The summed E-state index contributed by atoms with van der Waals surface area (Å²) in [6.45, 7) is 1.90. The molecule has 0 radical (unpaired) electrons. The number of barbiturate groups is 1. The molecule has 180 valence electrons. The smallest absolute Gasteiger partial charge is 0.335 e. The van der Waals surface area contributed by atoms with E-state index in [1.807, 2.05) is 42.5 Å². The number of imide groups is 2. The van der Waals surface area contributed by atoms with Crippen molar-refractivity contribution >= 4 is 40.4 Å². The van der Waals surface area contributed by atoms with Crippen LogP contribution >= 0.6 is 0 Å². The summed E-state index contributed by atoms with van der Waals surface area (Å²) in [5.41, 5.74) is 2.64. The lowest BCUT2D eigenvalue weighted by atomic mass is 9.99. The summed E-state index contributed by atoms with van der Waals surface area (Å²) in [6, 6.07) is 26.6. The van der Waals surface area contributed by atoms with Gasteiger partial charge in [-0.05, 0) is 47.5 Å². The monoisotopic (exact) mass is 487 g/mol. The van der Waals surface area contributed by atoms with Gasteiger partial charge in [-0.15, -0.1) is 0 Å². The Labute approximate surface area is 213 Å². The largest absolute Gasteiger partial charge is 0.488 e. The quantitative estimate of drug-likeness (QED) is 0.306. The molecule has 0 bridgehead atoms. The number of hydrogen-bond donors (Lipinski definition) is 1. The van der Waals surface area contributed by atoms with E-state index < -0.39 is 17.8 Å². The van der Waals surface area contributed by atoms with E-state index in [0.29, 0.717) is 33.7 Å². The second-order valence-corrected chi connectivity index (χ2v) is 8.50. The van der Waals surface area contributed by atoms with Crippen molar-refractivity contribution in [2.45, 2.75) is 13.5 Å². The Morgan fingerprint density at radius 3 is 2.46 bits per heavy atom. The molecule has 1 heterocycles. The first-order valence-corrected chi connectivity index (χ1v) is 11.6. The molecule has 0 spiro atoms. The number of carbonyl (C=O) groups is 3. The number of amides is 4. The van der Waals surface area contributed by atoms with Gasteiger partial charge < -0.3 is 4.74 Å². The second kappa shape index (κ2) is 9.80. The molecule has 7 nitrogen and oxygen atoms in total. The maximum absolute atomic E-state index is 13.5. The highest BCUT2D eigenvalue weighted by Gasteiger charge is 2.37. The van der Waals surface area contributed by atoms with E-state index in [2.05, 4.69) is 11.4 Å². The van der Waals surface area contributed by atoms with Crippen LogP contribution in [0.1, 0.15) is 22.3 Å². The van der Waals surface area contributed by atoms with E-state index >= 15 is 0 Å². The third kappa shape index (κ3) is 4.44. The van der Waals surface area contributed by atoms with Crippen molar-refractivity contribution in [3.8, 4) is 11.8 Å². The molecule has 0 aromatic heterocycles. The summed E-state index contributed by atoms with van der Waals surface area (Å²) in [5.74, 6) is -1.08. The molecule has 1 N–H and O–H groups in total. The fourth-order valence-electron chi connectivity index (χ4n) is 4.30. The maximum Gasteiger partial charge on any atom is 0.335 e. The fourth-order valence-corrected chi connectivity index (χ4v) is 4.30. The van der Waals surface area contributed by atoms with Gasteiger partial charge in [0.25, 0.3) is 11.8 Å². The molecule has 0 aliphatic carbocycles. The summed E-state index contributed by atoms with van der Waals surface area (Å²) >= 11 is 0. The molecule has 0 unspecified atom stereocenters. The topological polar surface area (TPSA) is 99.5 Å². The number of nitriles is 1. The minimum absolute atomic E-state index is 0.117. The van der Waals surface area contributed by atoms with Crippen molar-refractivity contribution in [2.24, 2.45) is 0 Å². The molecule has 0 atom stereocenters. The Bertz CT molecular complexity index is 1650. The van der Waals surface area contributed by atoms with Crippen LogP contribution < -0.4 is 15.0 Å². The normalized spacial score (nSPS) is 14.5. The molecule has 4 aromatic rings. The van der Waals surface area contributed by atoms with Crippen LogP contribution in [0.2, 0.25) is 0 Å². The maximum atomic E-state index is 13.5. The molecule has 37 heavy (non-hydrogen) atoms. The Hall–Kier alpha value is -5.22. The van der Waals surface area contributed by atoms with Crippen molar-refractivity contribution in [3.05, 3.63) is 113 Å². The highest BCUT2D eigenvalue weighted by molar-refractivity contribution is 6.39. The molecule has 1 aliphatic heterocycles. The average Bonchev–Trinajstić information content (AvgIpc) is 2.91. The lowest BCUT2D eigenvalue weighted by molar-refractivity contribution is -0.122. The van der Waals surface area contributed by atoms with E-state index in [1.54, 1.807) is 49.4 Å². The van der Waals surface area contributed by atoms with Crippen molar-refractivity contribution < 1.29 is 19.1 Å². The summed E-state index contributed by atoms with van der Waals surface area (Å²) in [7, 11) is 0. The number of aryl methyl sites for hydroxylation is 1. The van der Waals surface area contributed by atoms with Crippen molar-refractivity contribution in [1.29, 1.82) is 5.26 Å². The van der Waals surface area contributed by atoms with Gasteiger partial charge >= 0.3 is 6.03 Å². The van der Waals surface area contributed by atoms with Crippen molar-refractivity contribution in [3.63, 3.8) is 0 Å². The lowest BCUT2D eigenvalue weighted by Gasteiger charge is -2.27. The first-order chi connectivity index (χ1) is 18.0. The van der Waals surface area contributed by atoms with Gasteiger partial charge in [-0.1, -0.05) is 66.7 Å². The molecule has 1 fully saturated rings. The van der Waals surface area contributed by atoms with E-state index in [-0.39, 0.29) is 12.2 Å². The Morgan fingerprint density at radius 1 is 0.919 bits per heavy atom. The molecule has 4 amide bonds. The predicted octanol–water partition coefficient (Wildman–Crippen LogP) is 5.27. The van der Waals surface area contributed by atoms with Crippen LogP contribution in [0.5, 0.6) is 5.75 Å². The van der Waals surface area contributed by atoms with Gasteiger partial charge in [-0.2, -0.15) is 5.26 Å².